The molecule has 0 atom stereocenters. The van der Waals surface area contributed by atoms with Crippen molar-refractivity contribution in [3.8, 4) is 21.8 Å². The van der Waals surface area contributed by atoms with Crippen LogP contribution < -0.4 is 10.2 Å². The average molecular weight is 636 g/mol. The van der Waals surface area contributed by atoms with E-state index in [1.165, 1.54) is 17.8 Å². The number of anilines is 3. The Hall–Kier alpha value is -3.45. The Balaban J connectivity index is 1.23. The summed E-state index contributed by atoms with van der Waals surface area (Å²) in [5.41, 5.74) is 4.38. The second kappa shape index (κ2) is 13.3. The van der Waals surface area contributed by atoms with E-state index in [-0.39, 0.29) is 17.5 Å². The standard InChI is InChI=1S/C32H38FN7O2S2/c1-3-38-19-21-39(22-20-38)27-11-9-26(10-12-27)35-32-34-16-13-28(36-32)30-29(23-5-7-25(33)8-6-23)37-31(43-30)24-14-17-40(18-15-24)44(41,42)4-2/h5-13,16,24H,3-4,14-15,17-22H2,1-2H3,(H,34,35,36). The molecule has 12 heteroatoms. The Morgan fingerprint density at radius 2 is 1.61 bits per heavy atom. The molecule has 0 aliphatic carbocycles. The average Bonchev–Trinajstić information content (AvgIpc) is 3.51. The second-order valence-electron chi connectivity index (χ2n) is 11.2. The number of piperazine rings is 1. The van der Waals surface area contributed by atoms with Gasteiger partial charge in [-0.15, -0.1) is 11.3 Å². The van der Waals surface area contributed by atoms with E-state index in [9.17, 15) is 12.8 Å². The highest BCUT2D eigenvalue weighted by Crippen LogP contribution is 2.41. The number of halogens is 1. The third-order valence-electron chi connectivity index (χ3n) is 8.52. The molecule has 9 nitrogen and oxygen atoms in total. The fourth-order valence-electron chi connectivity index (χ4n) is 5.80. The van der Waals surface area contributed by atoms with Crippen LogP contribution in [0.2, 0.25) is 0 Å². The summed E-state index contributed by atoms with van der Waals surface area (Å²) in [5, 5.41) is 4.29. The molecule has 232 valence electrons. The number of hydrogen-bond donors (Lipinski definition) is 1. The highest BCUT2D eigenvalue weighted by molar-refractivity contribution is 7.89. The lowest BCUT2D eigenvalue weighted by molar-refractivity contribution is 0.271. The van der Waals surface area contributed by atoms with Crippen molar-refractivity contribution in [3.05, 3.63) is 71.6 Å². The van der Waals surface area contributed by atoms with Crippen molar-refractivity contribution >= 4 is 38.7 Å². The lowest BCUT2D eigenvalue weighted by atomic mass is 9.99. The van der Waals surface area contributed by atoms with Gasteiger partial charge in [0, 0.05) is 68.3 Å². The Morgan fingerprint density at radius 1 is 0.909 bits per heavy atom. The van der Waals surface area contributed by atoms with Crippen LogP contribution in [-0.4, -0.2) is 84.1 Å². The normalized spacial score (nSPS) is 17.2. The lowest BCUT2D eigenvalue weighted by Crippen LogP contribution is -2.46. The molecular formula is C32H38FN7O2S2. The van der Waals surface area contributed by atoms with E-state index in [1.807, 2.05) is 6.07 Å². The molecule has 2 fully saturated rings. The predicted octanol–water partition coefficient (Wildman–Crippen LogP) is 5.82. The molecule has 2 aliphatic rings. The van der Waals surface area contributed by atoms with Gasteiger partial charge in [0.25, 0.3) is 0 Å². The zero-order valence-corrected chi connectivity index (χ0v) is 26.7. The quantitative estimate of drug-likeness (QED) is 0.246. The monoisotopic (exact) mass is 635 g/mol. The third-order valence-corrected chi connectivity index (χ3v) is 11.6. The molecule has 6 rings (SSSR count). The number of piperidine rings is 1. The van der Waals surface area contributed by atoms with Crippen LogP contribution in [0.1, 0.15) is 37.6 Å². The minimum Gasteiger partial charge on any atom is -0.369 e. The summed E-state index contributed by atoms with van der Waals surface area (Å²) in [6, 6.07) is 16.6. The number of rotatable bonds is 9. The van der Waals surface area contributed by atoms with Gasteiger partial charge in [0.15, 0.2) is 0 Å². The summed E-state index contributed by atoms with van der Waals surface area (Å²) < 4.78 is 40.2. The first-order valence-corrected chi connectivity index (χ1v) is 17.7. The van der Waals surface area contributed by atoms with Crippen LogP contribution in [0.4, 0.5) is 21.7 Å². The molecule has 4 heterocycles. The molecule has 2 aromatic heterocycles. The van der Waals surface area contributed by atoms with E-state index in [0.717, 1.165) is 65.2 Å². The Morgan fingerprint density at radius 3 is 2.27 bits per heavy atom. The number of likely N-dealkylation sites (N-methyl/N-ethyl adjacent to an activating group) is 1. The van der Waals surface area contributed by atoms with Crippen LogP contribution in [0.5, 0.6) is 0 Å². The minimum atomic E-state index is -3.21. The number of aromatic nitrogens is 3. The van der Waals surface area contributed by atoms with Crippen LogP contribution in [0.25, 0.3) is 21.8 Å². The number of nitrogens with zero attached hydrogens (tertiary/aromatic N) is 6. The fourth-order valence-corrected chi connectivity index (χ4v) is 8.16. The van der Waals surface area contributed by atoms with Crippen LogP contribution >= 0.6 is 11.3 Å². The molecule has 0 spiro atoms. The molecule has 4 aromatic rings. The SMILES string of the molecule is CCN1CCN(c2ccc(Nc3nccc(-c4sc(C5CCN(S(=O)(=O)CC)CC5)nc4-c4ccc(F)cc4)n3)cc2)CC1. The minimum absolute atomic E-state index is 0.109. The van der Waals surface area contributed by atoms with Gasteiger partial charge in [-0.1, -0.05) is 6.92 Å². The molecule has 2 aromatic carbocycles. The smallest absolute Gasteiger partial charge is 0.227 e. The molecule has 0 unspecified atom stereocenters. The summed E-state index contributed by atoms with van der Waals surface area (Å²) in [5.74, 6) is 0.417. The topological polar surface area (TPSA) is 94.6 Å². The van der Waals surface area contributed by atoms with Crippen molar-refractivity contribution in [3.63, 3.8) is 0 Å². The zero-order valence-electron chi connectivity index (χ0n) is 25.1. The lowest BCUT2D eigenvalue weighted by Gasteiger charge is -2.35. The number of thiazole rings is 1. The second-order valence-corrected chi connectivity index (χ2v) is 14.5. The molecule has 1 N–H and O–H groups in total. The third kappa shape index (κ3) is 6.78. The van der Waals surface area contributed by atoms with Crippen molar-refractivity contribution in [2.24, 2.45) is 0 Å². The predicted molar refractivity (Wildman–Crippen MR) is 176 cm³/mol. The van der Waals surface area contributed by atoms with E-state index in [1.54, 1.807) is 40.9 Å². The van der Waals surface area contributed by atoms with E-state index < -0.39 is 10.0 Å². The van der Waals surface area contributed by atoms with Crippen molar-refractivity contribution in [2.75, 3.05) is 61.8 Å². The summed E-state index contributed by atoms with van der Waals surface area (Å²) in [6.45, 7) is 10.2. The van der Waals surface area contributed by atoms with Gasteiger partial charge < -0.3 is 15.1 Å². The summed E-state index contributed by atoms with van der Waals surface area (Å²) in [6.07, 6.45) is 3.14. The maximum atomic E-state index is 13.8. The van der Waals surface area contributed by atoms with E-state index in [2.05, 4.69) is 51.3 Å². The van der Waals surface area contributed by atoms with Gasteiger partial charge >= 0.3 is 0 Å². The molecule has 0 amide bonds. The number of hydrogen-bond acceptors (Lipinski definition) is 9. The van der Waals surface area contributed by atoms with Crippen molar-refractivity contribution in [2.45, 2.75) is 32.6 Å². The Bertz CT molecular complexity index is 1660. The maximum absolute atomic E-state index is 13.8. The maximum Gasteiger partial charge on any atom is 0.227 e. The Kier molecular flexibility index (Phi) is 9.22. The highest BCUT2D eigenvalue weighted by atomic mass is 32.2. The van der Waals surface area contributed by atoms with Crippen molar-refractivity contribution < 1.29 is 12.8 Å². The molecule has 0 radical (unpaired) electrons. The van der Waals surface area contributed by atoms with Crippen LogP contribution in [-0.2, 0) is 10.0 Å². The Labute approximate surface area is 262 Å². The fraction of sp³-hybridized carbons (Fsp3) is 0.406. The van der Waals surface area contributed by atoms with Gasteiger partial charge in [-0.05, 0) is 80.9 Å². The molecule has 2 saturated heterocycles. The first kappa shape index (κ1) is 30.6. The largest absolute Gasteiger partial charge is 0.369 e. The van der Waals surface area contributed by atoms with Gasteiger partial charge in [-0.3, -0.25) is 0 Å². The first-order valence-electron chi connectivity index (χ1n) is 15.2. The van der Waals surface area contributed by atoms with E-state index in [0.29, 0.717) is 31.9 Å². The van der Waals surface area contributed by atoms with Gasteiger partial charge in [0.05, 0.1) is 27.0 Å². The van der Waals surface area contributed by atoms with Gasteiger partial charge in [-0.2, -0.15) is 0 Å². The van der Waals surface area contributed by atoms with E-state index >= 15 is 0 Å². The first-order chi connectivity index (χ1) is 21.3. The summed E-state index contributed by atoms with van der Waals surface area (Å²) in [4.78, 5) is 20.1. The molecule has 2 aliphatic heterocycles. The van der Waals surface area contributed by atoms with E-state index in [4.69, 9.17) is 9.97 Å². The van der Waals surface area contributed by atoms with Crippen LogP contribution in [0.3, 0.4) is 0 Å². The summed E-state index contributed by atoms with van der Waals surface area (Å²) >= 11 is 1.57. The van der Waals surface area contributed by atoms with Crippen molar-refractivity contribution in [1.29, 1.82) is 0 Å². The number of nitrogens with one attached hydrogen (secondary N) is 1. The van der Waals surface area contributed by atoms with Gasteiger partial charge in [-0.25, -0.2) is 32.1 Å². The summed E-state index contributed by atoms with van der Waals surface area (Å²) in [7, 11) is -3.21. The van der Waals surface area contributed by atoms with Crippen LogP contribution in [0.15, 0.2) is 60.8 Å². The zero-order chi connectivity index (χ0) is 30.7. The van der Waals surface area contributed by atoms with Gasteiger partial charge in [0.1, 0.15) is 5.82 Å². The van der Waals surface area contributed by atoms with Gasteiger partial charge in [0.2, 0.25) is 16.0 Å². The number of sulfonamides is 1. The van der Waals surface area contributed by atoms with Crippen LogP contribution in [0, 0.1) is 5.82 Å². The molecular weight excluding hydrogens is 598 g/mol. The molecule has 44 heavy (non-hydrogen) atoms. The molecule has 0 saturated carbocycles. The number of benzene rings is 2. The molecule has 0 bridgehead atoms. The highest BCUT2D eigenvalue weighted by Gasteiger charge is 2.30. The van der Waals surface area contributed by atoms with Crippen molar-refractivity contribution in [1.82, 2.24) is 24.2 Å².